The van der Waals surface area contributed by atoms with Crippen LogP contribution in [0.5, 0.6) is 0 Å². The molecule has 0 heterocycles. The van der Waals surface area contributed by atoms with Crippen LogP contribution < -0.4 is 10.0 Å². The molecule has 2 rings (SSSR count). The molecule has 2 aromatic carbocycles. The van der Waals surface area contributed by atoms with E-state index >= 15 is 0 Å². The topological polar surface area (TPSA) is 75.3 Å². The summed E-state index contributed by atoms with van der Waals surface area (Å²) in [5, 5.41) is 2.74. The fourth-order valence-corrected chi connectivity index (χ4v) is 3.71. The molecule has 1 unspecified atom stereocenters. The Balaban J connectivity index is 2.17. The normalized spacial score (nSPS) is 12.8. The van der Waals surface area contributed by atoms with Crippen LogP contribution in [0.1, 0.15) is 13.8 Å². The molecule has 0 saturated carbocycles. The van der Waals surface area contributed by atoms with Crippen molar-refractivity contribution in [3.8, 4) is 0 Å². The number of hydrogen-bond acceptors (Lipinski definition) is 3. The highest BCUT2D eigenvalue weighted by molar-refractivity contribution is 9.10. The third-order valence-corrected chi connectivity index (χ3v) is 5.38. The van der Waals surface area contributed by atoms with Gasteiger partial charge in [0.2, 0.25) is 15.9 Å². The maximum atomic E-state index is 12.5. The highest BCUT2D eigenvalue weighted by Crippen LogP contribution is 2.16. The Bertz CT molecular complexity index is 790. The molecule has 2 aromatic rings. The molecule has 24 heavy (non-hydrogen) atoms. The minimum Gasteiger partial charge on any atom is -0.325 e. The van der Waals surface area contributed by atoms with Gasteiger partial charge in [-0.1, -0.05) is 48.0 Å². The van der Waals surface area contributed by atoms with Gasteiger partial charge >= 0.3 is 0 Å². The lowest BCUT2D eigenvalue weighted by Gasteiger charge is -2.21. The van der Waals surface area contributed by atoms with Crippen LogP contribution in [0.15, 0.2) is 64.0 Å². The molecule has 2 N–H and O–H groups in total. The molecule has 5 nitrogen and oxygen atoms in total. The SMILES string of the molecule is CC(C)C(NS(=O)(=O)c1ccccc1)C(=O)Nc1ccc(Br)cc1. The van der Waals surface area contributed by atoms with E-state index in [1.807, 2.05) is 0 Å². The number of carbonyl (C=O) groups excluding carboxylic acids is 1. The van der Waals surface area contributed by atoms with Crippen molar-refractivity contribution in [1.29, 1.82) is 0 Å². The summed E-state index contributed by atoms with van der Waals surface area (Å²) in [7, 11) is -3.77. The van der Waals surface area contributed by atoms with E-state index in [1.54, 1.807) is 56.3 Å². The van der Waals surface area contributed by atoms with Gasteiger partial charge in [0.05, 0.1) is 4.90 Å². The predicted molar refractivity (Wildman–Crippen MR) is 98.2 cm³/mol. The maximum Gasteiger partial charge on any atom is 0.242 e. The van der Waals surface area contributed by atoms with Gasteiger partial charge in [0, 0.05) is 10.2 Å². The Morgan fingerprint density at radius 2 is 1.58 bits per heavy atom. The van der Waals surface area contributed by atoms with Gasteiger partial charge in [-0.25, -0.2) is 8.42 Å². The molecule has 1 atom stereocenters. The van der Waals surface area contributed by atoms with Gasteiger partial charge in [-0.2, -0.15) is 4.72 Å². The number of halogens is 1. The second-order valence-corrected chi connectivity index (χ2v) is 8.28. The lowest BCUT2D eigenvalue weighted by Crippen LogP contribution is -2.47. The summed E-state index contributed by atoms with van der Waals surface area (Å²) < 4.78 is 28.3. The number of carbonyl (C=O) groups is 1. The lowest BCUT2D eigenvalue weighted by atomic mass is 10.0. The minimum atomic E-state index is -3.77. The van der Waals surface area contributed by atoms with Crippen LogP contribution in [-0.2, 0) is 14.8 Å². The van der Waals surface area contributed by atoms with Crippen LogP contribution in [0.3, 0.4) is 0 Å². The molecule has 0 spiro atoms. The van der Waals surface area contributed by atoms with Crippen LogP contribution >= 0.6 is 15.9 Å². The zero-order valence-electron chi connectivity index (χ0n) is 13.4. The Kier molecular flexibility index (Phi) is 6.15. The van der Waals surface area contributed by atoms with E-state index in [9.17, 15) is 13.2 Å². The van der Waals surface area contributed by atoms with Crippen LogP contribution in [0.2, 0.25) is 0 Å². The van der Waals surface area contributed by atoms with E-state index in [4.69, 9.17) is 0 Å². The monoisotopic (exact) mass is 410 g/mol. The molecule has 0 saturated heterocycles. The summed E-state index contributed by atoms with van der Waals surface area (Å²) in [6.07, 6.45) is 0. The molecule has 0 aliphatic heterocycles. The van der Waals surface area contributed by atoms with Crippen molar-refractivity contribution in [2.24, 2.45) is 5.92 Å². The molecular weight excluding hydrogens is 392 g/mol. The number of sulfonamides is 1. The lowest BCUT2D eigenvalue weighted by molar-refractivity contribution is -0.118. The summed E-state index contributed by atoms with van der Waals surface area (Å²) >= 11 is 3.33. The first-order chi connectivity index (χ1) is 11.3. The summed E-state index contributed by atoms with van der Waals surface area (Å²) in [4.78, 5) is 12.6. The second kappa shape index (κ2) is 7.92. The largest absolute Gasteiger partial charge is 0.325 e. The van der Waals surface area contributed by atoms with E-state index in [0.717, 1.165) is 4.47 Å². The van der Waals surface area contributed by atoms with Crippen LogP contribution in [-0.4, -0.2) is 20.4 Å². The minimum absolute atomic E-state index is 0.132. The molecular formula is C17H19BrN2O3S. The zero-order chi connectivity index (χ0) is 17.7. The molecule has 1 amide bonds. The average molecular weight is 411 g/mol. The first-order valence-electron chi connectivity index (χ1n) is 7.43. The number of amides is 1. The Labute approximate surface area is 150 Å². The first kappa shape index (κ1) is 18.6. The van der Waals surface area contributed by atoms with Gasteiger partial charge < -0.3 is 5.32 Å². The van der Waals surface area contributed by atoms with Crippen molar-refractivity contribution in [1.82, 2.24) is 4.72 Å². The molecule has 0 radical (unpaired) electrons. The van der Waals surface area contributed by atoms with Gasteiger partial charge in [0.25, 0.3) is 0 Å². The fraction of sp³-hybridized carbons (Fsp3) is 0.235. The predicted octanol–water partition coefficient (Wildman–Crippen LogP) is 3.39. The second-order valence-electron chi connectivity index (χ2n) is 5.65. The smallest absolute Gasteiger partial charge is 0.242 e. The molecule has 7 heteroatoms. The number of anilines is 1. The van der Waals surface area contributed by atoms with Gasteiger partial charge in [-0.3, -0.25) is 4.79 Å². The average Bonchev–Trinajstić information content (AvgIpc) is 2.55. The fourth-order valence-electron chi connectivity index (χ4n) is 2.08. The van der Waals surface area contributed by atoms with Crippen molar-refractivity contribution in [3.05, 3.63) is 59.1 Å². The summed E-state index contributed by atoms with van der Waals surface area (Å²) in [5.74, 6) is -0.606. The van der Waals surface area contributed by atoms with E-state index in [-0.39, 0.29) is 10.8 Å². The standard InChI is InChI=1S/C17H19BrN2O3S/c1-12(2)16(17(21)19-14-10-8-13(18)9-11-14)20-24(22,23)15-6-4-3-5-7-15/h3-12,16,20H,1-2H3,(H,19,21). The van der Waals surface area contributed by atoms with Crippen molar-refractivity contribution in [3.63, 3.8) is 0 Å². The third kappa shape index (κ3) is 4.90. The van der Waals surface area contributed by atoms with Crippen molar-refractivity contribution in [2.75, 3.05) is 5.32 Å². The first-order valence-corrected chi connectivity index (χ1v) is 9.71. The molecule has 0 aromatic heterocycles. The van der Waals surface area contributed by atoms with Crippen LogP contribution in [0.4, 0.5) is 5.69 Å². The van der Waals surface area contributed by atoms with Crippen LogP contribution in [0, 0.1) is 5.92 Å². The van der Waals surface area contributed by atoms with Crippen molar-refractivity contribution < 1.29 is 13.2 Å². The Morgan fingerprint density at radius 3 is 2.12 bits per heavy atom. The summed E-state index contributed by atoms with van der Waals surface area (Å²) in [5.41, 5.74) is 0.604. The highest BCUT2D eigenvalue weighted by atomic mass is 79.9. The Hall–Kier alpha value is -1.70. The van der Waals surface area contributed by atoms with Gasteiger partial charge in [0.15, 0.2) is 0 Å². The van der Waals surface area contributed by atoms with Gasteiger partial charge in [-0.05, 0) is 42.3 Å². The van der Waals surface area contributed by atoms with E-state index in [1.165, 1.54) is 12.1 Å². The van der Waals surface area contributed by atoms with Gasteiger partial charge in [0.1, 0.15) is 6.04 Å². The van der Waals surface area contributed by atoms with E-state index < -0.39 is 22.0 Å². The number of nitrogens with one attached hydrogen (secondary N) is 2. The van der Waals surface area contributed by atoms with E-state index in [0.29, 0.717) is 5.69 Å². The van der Waals surface area contributed by atoms with E-state index in [2.05, 4.69) is 26.0 Å². The highest BCUT2D eigenvalue weighted by Gasteiger charge is 2.28. The number of rotatable bonds is 6. The molecule has 0 bridgehead atoms. The third-order valence-electron chi connectivity index (χ3n) is 3.40. The molecule has 0 fully saturated rings. The number of benzene rings is 2. The maximum absolute atomic E-state index is 12.5. The number of hydrogen-bond donors (Lipinski definition) is 2. The summed E-state index contributed by atoms with van der Waals surface area (Å²) in [6, 6.07) is 14.2. The molecule has 0 aliphatic rings. The molecule has 128 valence electrons. The Morgan fingerprint density at radius 1 is 1.00 bits per heavy atom. The zero-order valence-corrected chi connectivity index (χ0v) is 15.8. The van der Waals surface area contributed by atoms with Gasteiger partial charge in [-0.15, -0.1) is 0 Å². The van der Waals surface area contributed by atoms with Crippen LogP contribution in [0.25, 0.3) is 0 Å². The quantitative estimate of drug-likeness (QED) is 0.765. The molecule has 0 aliphatic carbocycles. The summed E-state index contributed by atoms with van der Waals surface area (Å²) in [6.45, 7) is 3.58. The van der Waals surface area contributed by atoms with Crippen molar-refractivity contribution >= 4 is 37.5 Å². The van der Waals surface area contributed by atoms with Crippen molar-refractivity contribution in [2.45, 2.75) is 24.8 Å².